The SMILES string of the molecule is [CH]1[CH][CH][CH][CH]1.[CH]1[CH][CH][CH][CH]1.[Hf+4].[O-]/N=C(/C(=Nc1cccc(/N=C(\C(=N\[O-])c2ccccc2)c2ccccc2)n1)c1ccccc1)c1ccccc1. The average Bonchev–Trinajstić information content (AvgIpc) is 3.98. The van der Waals surface area contributed by atoms with Gasteiger partial charge in [0.1, 0.15) is 0 Å². The van der Waals surface area contributed by atoms with Gasteiger partial charge in [-0.2, -0.15) is 0 Å². The molecule has 2 fully saturated rings. The molecule has 51 heavy (non-hydrogen) atoms. The van der Waals surface area contributed by atoms with Crippen LogP contribution in [0.2, 0.25) is 0 Å². The molecule has 0 unspecified atom stereocenters. The molecule has 8 heteroatoms. The predicted molar refractivity (Wildman–Crippen MR) is 205 cm³/mol. The van der Waals surface area contributed by atoms with Crippen LogP contribution in [0, 0.1) is 74.6 Å². The summed E-state index contributed by atoms with van der Waals surface area (Å²) in [4.78, 5) is 14.1. The van der Waals surface area contributed by atoms with E-state index in [4.69, 9.17) is 9.98 Å². The number of hydrogen-bond donors (Lipinski definition) is 0. The van der Waals surface area contributed by atoms with Gasteiger partial charge in [-0.15, -0.1) is 0 Å². The molecule has 4 aromatic carbocycles. The number of nitrogens with zero attached hydrogens (tertiary/aromatic N) is 5. The largest absolute Gasteiger partial charge is 4.00 e. The Hall–Kier alpha value is -4.82. The van der Waals surface area contributed by atoms with Gasteiger partial charge in [-0.05, 0) is 76.3 Å². The molecule has 0 N–H and O–H groups in total. The standard InChI is InChI=1S/C33H25N5O2.2C5H5.Hf/c39-37-32(26-18-9-3-10-19-26)30(24-14-5-1-6-15-24)35-28-22-13-23-29(34-28)36-31(25-16-7-2-8-17-25)33(38-40)27-20-11-4-12-21-27;2*1-2-4-5-3-1;/h1-23,39-40H;2*1-5H;/q;;;+4/p-2/b35-30-,36-31?,37-32+,38-33+;;;. The molecule has 7 rings (SSSR count). The predicted octanol–water partition coefficient (Wildman–Crippen LogP) is 9.34. The van der Waals surface area contributed by atoms with Crippen molar-refractivity contribution < 1.29 is 25.8 Å². The molecule has 2 aliphatic rings. The van der Waals surface area contributed by atoms with Crippen molar-refractivity contribution in [2.45, 2.75) is 0 Å². The quantitative estimate of drug-likeness (QED) is 0.0884. The number of rotatable bonds is 8. The number of aromatic nitrogens is 1. The van der Waals surface area contributed by atoms with Crippen LogP contribution < -0.4 is 0 Å². The molecule has 0 amide bonds. The van der Waals surface area contributed by atoms with Gasteiger partial charge < -0.3 is 20.7 Å². The van der Waals surface area contributed by atoms with Crippen LogP contribution in [-0.2, 0) is 25.8 Å². The van der Waals surface area contributed by atoms with E-state index in [9.17, 15) is 10.4 Å². The second-order valence-electron chi connectivity index (χ2n) is 10.5. The zero-order chi connectivity index (χ0) is 34.6. The van der Waals surface area contributed by atoms with E-state index >= 15 is 0 Å². The minimum Gasteiger partial charge on any atom is -0.791 e. The van der Waals surface area contributed by atoms with Gasteiger partial charge in [-0.25, -0.2) is 15.0 Å². The van der Waals surface area contributed by atoms with Crippen LogP contribution in [0.1, 0.15) is 22.3 Å². The van der Waals surface area contributed by atoms with Crippen molar-refractivity contribution in [3.05, 3.63) is 236 Å². The van der Waals surface area contributed by atoms with Gasteiger partial charge in [0.05, 0.1) is 22.8 Å². The fraction of sp³-hybridized carbons (Fsp3) is 0. The summed E-state index contributed by atoms with van der Waals surface area (Å²) in [6.45, 7) is 0. The summed E-state index contributed by atoms with van der Waals surface area (Å²) in [6, 6.07) is 42.2. The van der Waals surface area contributed by atoms with Gasteiger partial charge in [0, 0.05) is 22.3 Å². The van der Waals surface area contributed by atoms with Crippen LogP contribution in [0.4, 0.5) is 11.6 Å². The Morgan fingerprint density at radius 2 is 0.588 bits per heavy atom. The summed E-state index contributed by atoms with van der Waals surface area (Å²) in [5.41, 5.74) is 3.85. The van der Waals surface area contributed by atoms with E-state index in [0.717, 1.165) is 0 Å². The molecule has 1 aromatic heterocycles. The third-order valence-electron chi connectivity index (χ3n) is 7.10. The van der Waals surface area contributed by atoms with Crippen molar-refractivity contribution in [1.29, 1.82) is 0 Å². The maximum absolute atomic E-state index is 12.1. The van der Waals surface area contributed by atoms with Crippen molar-refractivity contribution in [1.82, 2.24) is 4.98 Å². The Labute approximate surface area is 320 Å². The minimum absolute atomic E-state index is 0. The first kappa shape index (κ1) is 39.0. The Bertz CT molecular complexity index is 1710. The third kappa shape index (κ3) is 12.2. The Morgan fingerprint density at radius 3 is 0.843 bits per heavy atom. The normalized spacial score (nSPS) is 14.7. The molecule has 0 spiro atoms. The summed E-state index contributed by atoms with van der Waals surface area (Å²) in [5.74, 6) is 0.648. The molecule has 7 nitrogen and oxygen atoms in total. The molecule has 0 atom stereocenters. The molecule has 0 saturated heterocycles. The van der Waals surface area contributed by atoms with Gasteiger partial charge >= 0.3 is 25.8 Å². The second kappa shape index (κ2) is 22.1. The molecule has 2 saturated carbocycles. The van der Waals surface area contributed by atoms with E-state index in [1.54, 1.807) is 18.2 Å². The van der Waals surface area contributed by atoms with Crippen molar-refractivity contribution in [2.75, 3.05) is 0 Å². The van der Waals surface area contributed by atoms with Crippen LogP contribution in [0.15, 0.2) is 160 Å². The van der Waals surface area contributed by atoms with Crippen molar-refractivity contribution in [3.63, 3.8) is 0 Å². The molecule has 244 valence electrons. The summed E-state index contributed by atoms with van der Waals surface area (Å²) < 4.78 is 0. The molecular weight excluding hydrogens is 797 g/mol. The topological polar surface area (TPSA) is 108 Å². The van der Waals surface area contributed by atoms with Crippen LogP contribution in [0.25, 0.3) is 0 Å². The number of aliphatic imine (C=N–C) groups is 2. The van der Waals surface area contributed by atoms with Gasteiger partial charge in [0.2, 0.25) is 0 Å². The van der Waals surface area contributed by atoms with Crippen molar-refractivity contribution in [2.24, 2.45) is 20.3 Å². The van der Waals surface area contributed by atoms with Crippen molar-refractivity contribution >= 4 is 34.5 Å². The van der Waals surface area contributed by atoms with E-state index in [-0.39, 0.29) is 37.3 Å². The van der Waals surface area contributed by atoms with Gasteiger partial charge in [-0.1, -0.05) is 127 Å². The minimum atomic E-state index is 0. The van der Waals surface area contributed by atoms with Gasteiger partial charge in [0.15, 0.2) is 11.6 Å². The smallest absolute Gasteiger partial charge is 0.791 e. The van der Waals surface area contributed by atoms with Crippen LogP contribution in [0.3, 0.4) is 0 Å². The molecule has 0 aliphatic heterocycles. The number of pyridine rings is 1. The van der Waals surface area contributed by atoms with Crippen molar-refractivity contribution in [3.8, 4) is 0 Å². The first-order chi connectivity index (χ1) is 24.8. The van der Waals surface area contributed by atoms with E-state index < -0.39 is 0 Å². The molecule has 2 aliphatic carbocycles. The fourth-order valence-corrected chi connectivity index (χ4v) is 4.77. The van der Waals surface area contributed by atoms with E-state index in [0.29, 0.717) is 45.3 Å². The van der Waals surface area contributed by atoms with E-state index in [1.807, 2.05) is 186 Å². The van der Waals surface area contributed by atoms with Crippen LogP contribution >= 0.6 is 0 Å². The molecule has 1 heterocycles. The van der Waals surface area contributed by atoms with Gasteiger partial charge in [-0.3, -0.25) is 0 Å². The molecule has 5 aromatic rings. The summed E-state index contributed by atoms with van der Waals surface area (Å²) in [5, 5.41) is 30.8. The zero-order valence-corrected chi connectivity index (χ0v) is 31.2. The molecule has 10 radical (unpaired) electrons. The second-order valence-corrected chi connectivity index (χ2v) is 10.5. The first-order valence-electron chi connectivity index (χ1n) is 15.9. The van der Waals surface area contributed by atoms with E-state index in [1.165, 1.54) is 0 Å². The van der Waals surface area contributed by atoms with Crippen LogP contribution in [-0.4, -0.2) is 27.8 Å². The first-order valence-corrected chi connectivity index (χ1v) is 15.9. The Morgan fingerprint density at radius 1 is 0.333 bits per heavy atom. The maximum Gasteiger partial charge on any atom is 4.00 e. The number of hydrogen-bond acceptors (Lipinski definition) is 7. The summed E-state index contributed by atoms with van der Waals surface area (Å²) >= 11 is 0. The Balaban J connectivity index is 0.000000455. The Kier molecular flexibility index (Phi) is 16.9. The average molecular weight is 830 g/mol. The third-order valence-corrected chi connectivity index (χ3v) is 7.10. The molecule has 0 bridgehead atoms. The van der Waals surface area contributed by atoms with Gasteiger partial charge in [0.25, 0.3) is 0 Å². The van der Waals surface area contributed by atoms with Crippen LogP contribution in [0.5, 0.6) is 0 Å². The summed E-state index contributed by atoms with van der Waals surface area (Å²) in [6.07, 6.45) is 20.0. The summed E-state index contributed by atoms with van der Waals surface area (Å²) in [7, 11) is 0. The zero-order valence-electron chi connectivity index (χ0n) is 27.6. The fourth-order valence-electron chi connectivity index (χ4n) is 4.77. The van der Waals surface area contributed by atoms with E-state index in [2.05, 4.69) is 15.3 Å². The number of benzene rings is 4. The monoisotopic (exact) mass is 831 g/mol. The molecular formula is C43H33HfN5O2+2. The maximum atomic E-state index is 12.1.